The van der Waals surface area contributed by atoms with Crippen LogP contribution >= 0.6 is 11.8 Å². The number of carbonyl (C=O) groups is 1. The van der Waals surface area contributed by atoms with Crippen molar-refractivity contribution in [2.24, 2.45) is 0 Å². The van der Waals surface area contributed by atoms with Gasteiger partial charge < -0.3 is 0 Å². The van der Waals surface area contributed by atoms with Crippen LogP contribution in [0.25, 0.3) is 0 Å². The molecule has 1 aromatic rings. The van der Waals surface area contributed by atoms with Crippen LogP contribution in [-0.4, -0.2) is 16.0 Å². The molecular formula is C16H23NOS. The minimum absolute atomic E-state index is 0.210. The molecule has 0 radical (unpaired) electrons. The van der Waals surface area contributed by atoms with E-state index >= 15 is 0 Å². The molecule has 0 N–H and O–H groups in total. The zero-order valence-electron chi connectivity index (χ0n) is 12.2. The van der Waals surface area contributed by atoms with Gasteiger partial charge in [-0.25, -0.2) is 4.98 Å². The molecule has 0 aromatic carbocycles. The Morgan fingerprint density at radius 3 is 2.89 bits per heavy atom. The lowest BCUT2D eigenvalue weighted by atomic mass is 10.1. The number of nitrogens with zero attached hydrogens (tertiary/aromatic N) is 1. The number of hydrogen-bond donors (Lipinski definition) is 0. The van der Waals surface area contributed by atoms with Crippen LogP contribution in [0.4, 0.5) is 0 Å². The summed E-state index contributed by atoms with van der Waals surface area (Å²) in [5.41, 5.74) is 3.45. The van der Waals surface area contributed by atoms with E-state index in [0.717, 1.165) is 30.7 Å². The molecule has 0 unspecified atom stereocenters. The maximum atomic E-state index is 12.2. The number of rotatable bonds is 6. The van der Waals surface area contributed by atoms with Crippen LogP contribution in [-0.2, 0) is 12.8 Å². The van der Waals surface area contributed by atoms with E-state index in [0.29, 0.717) is 17.4 Å². The third kappa shape index (κ3) is 3.59. The molecule has 2 rings (SSSR count). The summed E-state index contributed by atoms with van der Waals surface area (Å²) in [4.78, 5) is 16.8. The standard InChI is InChI=1S/C16H23NOS/c1-4-5-9-15(18)14-10-12-7-6-8-13(12)16(17-14)19-11(2)3/h10-11H,4-9H2,1-3H3. The fourth-order valence-electron chi connectivity index (χ4n) is 2.47. The Morgan fingerprint density at radius 2 is 2.21 bits per heavy atom. The number of pyridine rings is 1. The maximum Gasteiger partial charge on any atom is 0.181 e. The molecule has 1 aliphatic rings. The van der Waals surface area contributed by atoms with Crippen molar-refractivity contribution < 1.29 is 4.79 Å². The minimum Gasteiger partial charge on any atom is -0.292 e. The molecule has 2 nitrogen and oxygen atoms in total. The third-order valence-electron chi connectivity index (χ3n) is 3.44. The maximum absolute atomic E-state index is 12.2. The number of fused-ring (bicyclic) bond motifs is 1. The zero-order valence-corrected chi connectivity index (χ0v) is 13.0. The van der Waals surface area contributed by atoms with Crippen molar-refractivity contribution in [2.75, 3.05) is 0 Å². The molecule has 0 atom stereocenters. The number of carbonyl (C=O) groups excluding carboxylic acids is 1. The molecule has 0 fully saturated rings. The first-order valence-corrected chi connectivity index (χ1v) is 8.22. The topological polar surface area (TPSA) is 30.0 Å². The quantitative estimate of drug-likeness (QED) is 0.568. The van der Waals surface area contributed by atoms with Crippen molar-refractivity contribution >= 4 is 17.5 Å². The Morgan fingerprint density at radius 1 is 1.42 bits per heavy atom. The van der Waals surface area contributed by atoms with Crippen LogP contribution in [0.15, 0.2) is 11.1 Å². The van der Waals surface area contributed by atoms with Gasteiger partial charge in [0.2, 0.25) is 0 Å². The van der Waals surface area contributed by atoms with Gasteiger partial charge in [0.05, 0.1) is 0 Å². The largest absolute Gasteiger partial charge is 0.292 e. The van der Waals surface area contributed by atoms with Crippen molar-refractivity contribution in [1.29, 1.82) is 0 Å². The highest BCUT2D eigenvalue weighted by molar-refractivity contribution is 7.99. The predicted molar refractivity (Wildman–Crippen MR) is 81.1 cm³/mol. The van der Waals surface area contributed by atoms with Crippen LogP contribution in [0, 0.1) is 0 Å². The average molecular weight is 277 g/mol. The summed E-state index contributed by atoms with van der Waals surface area (Å²) < 4.78 is 0. The summed E-state index contributed by atoms with van der Waals surface area (Å²) in [6.07, 6.45) is 6.09. The fourth-order valence-corrected chi connectivity index (χ4v) is 3.45. The SMILES string of the molecule is CCCCC(=O)c1cc2c(c(SC(C)C)n1)CCC2. The highest BCUT2D eigenvalue weighted by atomic mass is 32.2. The number of aryl methyl sites for hydroxylation is 1. The predicted octanol–water partition coefficient (Wildman–Crippen LogP) is 4.44. The van der Waals surface area contributed by atoms with Crippen LogP contribution < -0.4 is 0 Å². The van der Waals surface area contributed by atoms with Crippen molar-refractivity contribution in [3.63, 3.8) is 0 Å². The second-order valence-electron chi connectivity index (χ2n) is 5.50. The molecule has 104 valence electrons. The molecular weight excluding hydrogens is 254 g/mol. The molecule has 19 heavy (non-hydrogen) atoms. The number of unbranched alkanes of at least 4 members (excludes halogenated alkanes) is 1. The lowest BCUT2D eigenvalue weighted by Crippen LogP contribution is -2.06. The van der Waals surface area contributed by atoms with E-state index < -0.39 is 0 Å². The van der Waals surface area contributed by atoms with Gasteiger partial charge in [-0.2, -0.15) is 0 Å². The first-order chi connectivity index (χ1) is 9.11. The Labute approximate surface area is 120 Å². The summed E-state index contributed by atoms with van der Waals surface area (Å²) in [6, 6.07) is 2.05. The summed E-state index contributed by atoms with van der Waals surface area (Å²) in [5.74, 6) is 0.210. The average Bonchev–Trinajstić information content (AvgIpc) is 2.83. The molecule has 0 spiro atoms. The third-order valence-corrected chi connectivity index (χ3v) is 4.47. The van der Waals surface area contributed by atoms with E-state index in [-0.39, 0.29) is 5.78 Å². The van der Waals surface area contributed by atoms with Gasteiger partial charge in [0.15, 0.2) is 5.78 Å². The smallest absolute Gasteiger partial charge is 0.181 e. The summed E-state index contributed by atoms with van der Waals surface area (Å²) >= 11 is 1.80. The second-order valence-corrected chi connectivity index (χ2v) is 7.06. The van der Waals surface area contributed by atoms with Crippen molar-refractivity contribution in [3.05, 3.63) is 22.9 Å². The van der Waals surface area contributed by atoms with Gasteiger partial charge in [-0.15, -0.1) is 11.8 Å². The van der Waals surface area contributed by atoms with Gasteiger partial charge in [0, 0.05) is 11.7 Å². The molecule has 0 amide bonds. The first kappa shape index (κ1) is 14.6. The Balaban J connectivity index is 2.28. The number of hydrogen-bond acceptors (Lipinski definition) is 3. The molecule has 0 bridgehead atoms. The van der Waals surface area contributed by atoms with Crippen LogP contribution in [0.3, 0.4) is 0 Å². The van der Waals surface area contributed by atoms with Gasteiger partial charge in [-0.05, 0) is 42.9 Å². The second kappa shape index (κ2) is 6.56. The van der Waals surface area contributed by atoms with Gasteiger partial charge >= 0.3 is 0 Å². The Hall–Kier alpha value is -0.830. The van der Waals surface area contributed by atoms with Gasteiger partial charge in [0.25, 0.3) is 0 Å². The van der Waals surface area contributed by atoms with Gasteiger partial charge in [-0.3, -0.25) is 4.79 Å². The van der Waals surface area contributed by atoms with E-state index in [1.165, 1.54) is 17.5 Å². The van der Waals surface area contributed by atoms with E-state index in [1.807, 2.05) is 6.07 Å². The van der Waals surface area contributed by atoms with Gasteiger partial charge in [0.1, 0.15) is 10.7 Å². The molecule has 1 aliphatic carbocycles. The van der Waals surface area contributed by atoms with Crippen molar-refractivity contribution in [2.45, 2.75) is 69.6 Å². The molecule has 0 aliphatic heterocycles. The molecule has 0 saturated heterocycles. The van der Waals surface area contributed by atoms with Gasteiger partial charge in [-0.1, -0.05) is 27.2 Å². The lowest BCUT2D eigenvalue weighted by molar-refractivity contribution is 0.0974. The van der Waals surface area contributed by atoms with Crippen molar-refractivity contribution in [3.8, 4) is 0 Å². The van der Waals surface area contributed by atoms with E-state index in [1.54, 1.807) is 11.8 Å². The minimum atomic E-state index is 0.210. The van der Waals surface area contributed by atoms with E-state index in [2.05, 4.69) is 25.8 Å². The number of thioether (sulfide) groups is 1. The van der Waals surface area contributed by atoms with Crippen LogP contribution in [0.5, 0.6) is 0 Å². The summed E-state index contributed by atoms with van der Waals surface area (Å²) in [5, 5.41) is 1.61. The highest BCUT2D eigenvalue weighted by Gasteiger charge is 2.20. The Bertz CT molecular complexity index is 468. The van der Waals surface area contributed by atoms with Crippen LogP contribution in [0.2, 0.25) is 0 Å². The molecule has 1 heterocycles. The molecule has 1 aromatic heterocycles. The summed E-state index contributed by atoms with van der Waals surface area (Å²) in [6.45, 7) is 6.47. The Kier molecular flexibility index (Phi) is 5.03. The zero-order chi connectivity index (χ0) is 13.8. The molecule has 0 saturated carbocycles. The number of Topliss-reactive ketones (excluding diaryl/α,β-unsaturated/α-hetero) is 1. The summed E-state index contributed by atoms with van der Waals surface area (Å²) in [7, 11) is 0. The highest BCUT2D eigenvalue weighted by Crippen LogP contribution is 2.33. The number of aromatic nitrogens is 1. The van der Waals surface area contributed by atoms with Crippen LogP contribution in [0.1, 0.15) is 68.1 Å². The van der Waals surface area contributed by atoms with E-state index in [4.69, 9.17) is 0 Å². The normalized spacial score (nSPS) is 13.9. The lowest BCUT2D eigenvalue weighted by Gasteiger charge is -2.11. The number of ketones is 1. The molecule has 3 heteroatoms. The fraction of sp³-hybridized carbons (Fsp3) is 0.625. The van der Waals surface area contributed by atoms with E-state index in [9.17, 15) is 4.79 Å². The first-order valence-electron chi connectivity index (χ1n) is 7.34. The van der Waals surface area contributed by atoms with Crippen molar-refractivity contribution in [1.82, 2.24) is 4.98 Å². The monoisotopic (exact) mass is 277 g/mol.